The van der Waals surface area contributed by atoms with Crippen molar-refractivity contribution in [1.29, 1.82) is 0 Å². The average Bonchev–Trinajstić information content (AvgIpc) is 2.54. The molecule has 0 aliphatic carbocycles. The lowest BCUT2D eigenvalue weighted by Gasteiger charge is -1.94. The molecule has 3 nitrogen and oxygen atoms in total. The zero-order valence-electron chi connectivity index (χ0n) is 8.00. The summed E-state index contributed by atoms with van der Waals surface area (Å²) < 4.78 is 3.00. The summed E-state index contributed by atoms with van der Waals surface area (Å²) in [5, 5.41) is 7.60. The van der Waals surface area contributed by atoms with Crippen LogP contribution in [0.1, 0.15) is 5.69 Å². The molecule has 0 atom stereocenters. The molecule has 0 fully saturated rings. The number of halogens is 1. The first-order valence-electron chi connectivity index (χ1n) is 4.59. The number of fused-ring (bicyclic) bond motifs is 1. The van der Waals surface area contributed by atoms with Crippen LogP contribution in [0.3, 0.4) is 0 Å². The molecule has 74 valence electrons. The van der Waals surface area contributed by atoms with Crippen LogP contribution in [-0.4, -0.2) is 23.2 Å². The number of pyridine rings is 1. The maximum Gasteiger partial charge on any atom is 0.0806 e. The molecule has 0 aliphatic rings. The molecular weight excluding hydrogens is 242 g/mol. The van der Waals surface area contributed by atoms with Crippen LogP contribution < -0.4 is 5.32 Å². The van der Waals surface area contributed by atoms with E-state index < -0.39 is 0 Å². The van der Waals surface area contributed by atoms with Crippen LogP contribution in [-0.2, 0) is 6.42 Å². The van der Waals surface area contributed by atoms with Crippen molar-refractivity contribution in [2.75, 3.05) is 13.6 Å². The topological polar surface area (TPSA) is 29.3 Å². The van der Waals surface area contributed by atoms with Crippen LogP contribution in [0, 0.1) is 0 Å². The Morgan fingerprint density at radius 1 is 1.50 bits per heavy atom. The summed E-state index contributed by atoms with van der Waals surface area (Å²) in [6.07, 6.45) is 2.90. The van der Waals surface area contributed by atoms with Crippen molar-refractivity contribution in [1.82, 2.24) is 14.9 Å². The number of rotatable bonds is 3. The molecule has 2 heterocycles. The van der Waals surface area contributed by atoms with Crippen molar-refractivity contribution in [3.05, 3.63) is 34.6 Å². The maximum atomic E-state index is 4.48. The average molecular weight is 254 g/mol. The van der Waals surface area contributed by atoms with Gasteiger partial charge in [-0.2, -0.15) is 5.10 Å². The predicted octanol–water partition coefficient (Wildman–Crippen LogP) is 1.86. The monoisotopic (exact) mass is 253 g/mol. The Kier molecular flexibility index (Phi) is 2.84. The van der Waals surface area contributed by atoms with Crippen molar-refractivity contribution in [2.24, 2.45) is 0 Å². The highest BCUT2D eigenvalue weighted by molar-refractivity contribution is 9.10. The zero-order chi connectivity index (χ0) is 9.97. The Bertz CT molecular complexity index is 436. The number of likely N-dealkylation sites (N-methyl/N-ethyl adjacent to an activating group) is 1. The Hall–Kier alpha value is -0.870. The van der Waals surface area contributed by atoms with Crippen LogP contribution >= 0.6 is 15.9 Å². The fourth-order valence-electron chi connectivity index (χ4n) is 1.42. The van der Waals surface area contributed by atoms with Crippen molar-refractivity contribution < 1.29 is 0 Å². The van der Waals surface area contributed by atoms with Gasteiger partial charge in [-0.25, -0.2) is 4.52 Å². The highest BCUT2D eigenvalue weighted by atomic mass is 79.9. The van der Waals surface area contributed by atoms with E-state index in [1.165, 1.54) is 0 Å². The smallest absolute Gasteiger partial charge is 0.0806 e. The summed E-state index contributed by atoms with van der Waals surface area (Å²) in [5.74, 6) is 0. The molecule has 0 bridgehead atoms. The predicted molar refractivity (Wildman–Crippen MR) is 60.5 cm³/mol. The van der Waals surface area contributed by atoms with Gasteiger partial charge in [0, 0.05) is 19.2 Å². The van der Waals surface area contributed by atoms with Gasteiger partial charge in [-0.1, -0.05) is 6.07 Å². The molecule has 4 heteroatoms. The second-order valence-electron chi connectivity index (χ2n) is 3.14. The lowest BCUT2D eigenvalue weighted by Crippen LogP contribution is -2.10. The quantitative estimate of drug-likeness (QED) is 0.905. The van der Waals surface area contributed by atoms with Crippen LogP contribution in [0.5, 0.6) is 0 Å². The third-order valence-corrected chi connectivity index (χ3v) is 3.02. The van der Waals surface area contributed by atoms with Crippen molar-refractivity contribution in [3.8, 4) is 0 Å². The fraction of sp³-hybridized carbons (Fsp3) is 0.300. The van der Waals surface area contributed by atoms with Gasteiger partial charge < -0.3 is 5.32 Å². The standard InChI is InChI=1S/C10H12BrN3/c1-12-6-5-8-10(11)9-4-2-3-7-14(9)13-8/h2-4,7,12H,5-6H2,1H3. The van der Waals surface area contributed by atoms with E-state index in [1.807, 2.05) is 29.9 Å². The SMILES string of the molecule is CNCCc1nn2ccccc2c1Br. The van der Waals surface area contributed by atoms with E-state index in [1.54, 1.807) is 0 Å². The molecule has 1 N–H and O–H groups in total. The summed E-state index contributed by atoms with van der Waals surface area (Å²) in [6, 6.07) is 6.05. The van der Waals surface area contributed by atoms with Crippen LogP contribution in [0.4, 0.5) is 0 Å². The van der Waals surface area contributed by atoms with E-state index in [0.29, 0.717) is 0 Å². The highest BCUT2D eigenvalue weighted by Gasteiger charge is 2.08. The Labute approximate surface area is 91.2 Å². The molecule has 14 heavy (non-hydrogen) atoms. The Balaban J connectivity index is 2.41. The fourth-order valence-corrected chi connectivity index (χ4v) is 2.01. The van der Waals surface area contributed by atoms with Gasteiger partial charge in [0.05, 0.1) is 15.7 Å². The molecule has 0 spiro atoms. The van der Waals surface area contributed by atoms with Gasteiger partial charge >= 0.3 is 0 Å². The Morgan fingerprint density at radius 3 is 3.07 bits per heavy atom. The highest BCUT2D eigenvalue weighted by Crippen LogP contribution is 2.22. The summed E-state index contributed by atoms with van der Waals surface area (Å²) in [5.41, 5.74) is 2.23. The van der Waals surface area contributed by atoms with Gasteiger partial charge in [-0.3, -0.25) is 0 Å². The molecule has 0 saturated heterocycles. The van der Waals surface area contributed by atoms with E-state index in [0.717, 1.165) is 28.6 Å². The summed E-state index contributed by atoms with van der Waals surface area (Å²) in [7, 11) is 1.95. The third-order valence-electron chi connectivity index (χ3n) is 2.16. The largest absolute Gasteiger partial charge is 0.319 e. The Morgan fingerprint density at radius 2 is 2.36 bits per heavy atom. The molecule has 0 aliphatic heterocycles. The second kappa shape index (κ2) is 4.11. The number of aromatic nitrogens is 2. The zero-order valence-corrected chi connectivity index (χ0v) is 9.58. The minimum Gasteiger partial charge on any atom is -0.319 e. The van der Waals surface area contributed by atoms with E-state index in [2.05, 4.69) is 32.4 Å². The van der Waals surface area contributed by atoms with Gasteiger partial charge in [0.25, 0.3) is 0 Å². The van der Waals surface area contributed by atoms with E-state index in [-0.39, 0.29) is 0 Å². The molecule has 0 saturated carbocycles. The summed E-state index contributed by atoms with van der Waals surface area (Å²) in [6.45, 7) is 0.947. The molecule has 2 rings (SSSR count). The van der Waals surface area contributed by atoms with Gasteiger partial charge in [0.2, 0.25) is 0 Å². The second-order valence-corrected chi connectivity index (χ2v) is 3.94. The molecule has 0 unspecified atom stereocenters. The minimum absolute atomic E-state index is 0.943. The van der Waals surface area contributed by atoms with Gasteiger partial charge in [0.1, 0.15) is 0 Å². The maximum absolute atomic E-state index is 4.48. The van der Waals surface area contributed by atoms with Gasteiger partial charge in [0.15, 0.2) is 0 Å². The van der Waals surface area contributed by atoms with Crippen molar-refractivity contribution in [3.63, 3.8) is 0 Å². The van der Waals surface area contributed by atoms with Crippen LogP contribution in [0.25, 0.3) is 5.52 Å². The molecular formula is C10H12BrN3. The van der Waals surface area contributed by atoms with Crippen molar-refractivity contribution in [2.45, 2.75) is 6.42 Å². The molecule has 0 aromatic carbocycles. The number of nitrogens with zero attached hydrogens (tertiary/aromatic N) is 2. The van der Waals surface area contributed by atoms with Gasteiger partial charge in [-0.05, 0) is 35.1 Å². The summed E-state index contributed by atoms with van der Waals surface area (Å²) in [4.78, 5) is 0. The number of hydrogen-bond donors (Lipinski definition) is 1. The van der Waals surface area contributed by atoms with Crippen LogP contribution in [0.2, 0.25) is 0 Å². The van der Waals surface area contributed by atoms with Gasteiger partial charge in [-0.15, -0.1) is 0 Å². The van der Waals surface area contributed by atoms with E-state index in [9.17, 15) is 0 Å². The lowest BCUT2D eigenvalue weighted by molar-refractivity contribution is 0.762. The first kappa shape index (κ1) is 9.68. The molecule has 0 radical (unpaired) electrons. The summed E-state index contributed by atoms with van der Waals surface area (Å²) >= 11 is 3.57. The van der Waals surface area contributed by atoms with Crippen molar-refractivity contribution >= 4 is 21.4 Å². The van der Waals surface area contributed by atoms with E-state index >= 15 is 0 Å². The first-order chi connectivity index (χ1) is 6.83. The van der Waals surface area contributed by atoms with Crippen LogP contribution in [0.15, 0.2) is 28.9 Å². The lowest BCUT2D eigenvalue weighted by atomic mass is 10.3. The third kappa shape index (κ3) is 1.67. The minimum atomic E-state index is 0.943. The van der Waals surface area contributed by atoms with E-state index in [4.69, 9.17) is 0 Å². The molecule has 2 aromatic rings. The molecule has 2 aromatic heterocycles. The molecule has 0 amide bonds. The number of hydrogen-bond acceptors (Lipinski definition) is 2. The number of nitrogens with one attached hydrogen (secondary N) is 1. The first-order valence-corrected chi connectivity index (χ1v) is 5.38. The normalized spacial score (nSPS) is 11.0.